The van der Waals surface area contributed by atoms with Crippen LogP contribution in [0.5, 0.6) is 0 Å². The highest BCUT2D eigenvalue weighted by molar-refractivity contribution is 5.36. The van der Waals surface area contributed by atoms with Crippen LogP contribution in [0.3, 0.4) is 0 Å². The lowest BCUT2D eigenvalue weighted by Crippen LogP contribution is -2.37. The fourth-order valence-corrected chi connectivity index (χ4v) is 2.64. The van der Waals surface area contributed by atoms with E-state index in [9.17, 15) is 0 Å². The summed E-state index contributed by atoms with van der Waals surface area (Å²) in [5, 5.41) is 0. The van der Waals surface area contributed by atoms with Crippen molar-refractivity contribution in [3.05, 3.63) is 11.9 Å². The summed E-state index contributed by atoms with van der Waals surface area (Å²) in [4.78, 5) is 7.06. The van der Waals surface area contributed by atoms with E-state index in [1.807, 2.05) is 0 Å². The number of imidazole rings is 1. The number of nitrogens with two attached hydrogens (primary N) is 1. The molecule has 1 aliphatic rings. The number of rotatable bonds is 4. The van der Waals surface area contributed by atoms with Gasteiger partial charge in [0.25, 0.3) is 0 Å². The molecule has 0 aliphatic carbocycles. The lowest BCUT2D eigenvalue weighted by Gasteiger charge is -2.25. The van der Waals surface area contributed by atoms with Crippen molar-refractivity contribution in [1.82, 2.24) is 9.55 Å². The first-order chi connectivity index (χ1) is 8.11. The summed E-state index contributed by atoms with van der Waals surface area (Å²) < 4.78 is 2.29. The molecular weight excluding hydrogens is 212 g/mol. The number of anilines is 1. The first kappa shape index (κ1) is 12.4. The Morgan fingerprint density at radius 1 is 1.53 bits per heavy atom. The molecule has 1 saturated heterocycles. The third kappa shape index (κ3) is 2.63. The van der Waals surface area contributed by atoms with Crippen molar-refractivity contribution in [2.75, 3.05) is 18.0 Å². The number of aryl methyl sites for hydroxylation is 1. The predicted octanol–water partition coefficient (Wildman–Crippen LogP) is 1.78. The number of hydrogen-bond donors (Lipinski definition) is 1. The summed E-state index contributed by atoms with van der Waals surface area (Å²) in [5.41, 5.74) is 6.94. The minimum Gasteiger partial charge on any atom is -0.338 e. The lowest BCUT2D eigenvalue weighted by atomic mass is 10.2. The van der Waals surface area contributed by atoms with Gasteiger partial charge in [-0.3, -0.25) is 0 Å². The van der Waals surface area contributed by atoms with Gasteiger partial charge in [0.2, 0.25) is 5.95 Å². The topological polar surface area (TPSA) is 47.1 Å². The van der Waals surface area contributed by atoms with Gasteiger partial charge in [-0.15, -0.1) is 0 Å². The molecule has 1 fully saturated rings. The van der Waals surface area contributed by atoms with E-state index in [1.165, 1.54) is 12.8 Å². The van der Waals surface area contributed by atoms with Gasteiger partial charge < -0.3 is 15.2 Å². The maximum absolute atomic E-state index is 5.84. The molecule has 1 aliphatic heterocycles. The van der Waals surface area contributed by atoms with Crippen LogP contribution in [0.4, 0.5) is 5.95 Å². The van der Waals surface area contributed by atoms with Gasteiger partial charge in [0, 0.05) is 31.9 Å². The normalized spacial score (nSPS) is 20.5. The van der Waals surface area contributed by atoms with Crippen molar-refractivity contribution in [3.8, 4) is 0 Å². The molecule has 1 atom stereocenters. The molecule has 0 bridgehead atoms. The zero-order valence-corrected chi connectivity index (χ0v) is 11.2. The van der Waals surface area contributed by atoms with Gasteiger partial charge in [0.05, 0.1) is 5.69 Å². The van der Waals surface area contributed by atoms with Crippen molar-refractivity contribution < 1.29 is 0 Å². The Morgan fingerprint density at radius 3 is 2.94 bits per heavy atom. The van der Waals surface area contributed by atoms with Gasteiger partial charge >= 0.3 is 0 Å². The third-order valence-electron chi connectivity index (χ3n) is 3.34. The first-order valence-electron chi connectivity index (χ1n) is 6.62. The lowest BCUT2D eigenvalue weighted by molar-refractivity contribution is 0.514. The van der Waals surface area contributed by atoms with E-state index in [1.54, 1.807) is 0 Å². The second-order valence-electron chi connectivity index (χ2n) is 5.45. The van der Waals surface area contributed by atoms with Gasteiger partial charge in [0.15, 0.2) is 0 Å². The Morgan fingerprint density at radius 2 is 2.29 bits per heavy atom. The number of aromatic nitrogens is 2. The van der Waals surface area contributed by atoms with Crippen LogP contribution in [-0.4, -0.2) is 28.7 Å². The molecule has 1 aromatic heterocycles. The fourth-order valence-electron chi connectivity index (χ4n) is 2.64. The highest BCUT2D eigenvalue weighted by atomic mass is 15.3. The SMILES string of the molecule is Cc1cn(CC(C)C)c(N2CCCC2CN)n1. The van der Waals surface area contributed by atoms with Crippen LogP contribution < -0.4 is 10.6 Å². The van der Waals surface area contributed by atoms with E-state index < -0.39 is 0 Å². The minimum absolute atomic E-state index is 0.475. The van der Waals surface area contributed by atoms with Crippen molar-refractivity contribution in [2.45, 2.75) is 46.2 Å². The van der Waals surface area contributed by atoms with Crippen LogP contribution in [0.25, 0.3) is 0 Å². The molecular formula is C13H24N4. The first-order valence-corrected chi connectivity index (χ1v) is 6.62. The van der Waals surface area contributed by atoms with Crippen molar-refractivity contribution in [1.29, 1.82) is 0 Å². The van der Waals surface area contributed by atoms with Crippen LogP contribution in [0, 0.1) is 12.8 Å². The molecule has 1 unspecified atom stereocenters. The second-order valence-corrected chi connectivity index (χ2v) is 5.45. The second kappa shape index (κ2) is 5.08. The van der Waals surface area contributed by atoms with Crippen LogP contribution in [0.1, 0.15) is 32.4 Å². The van der Waals surface area contributed by atoms with Crippen LogP contribution in [0.15, 0.2) is 6.20 Å². The molecule has 2 rings (SSSR count). The highest BCUT2D eigenvalue weighted by Gasteiger charge is 2.27. The predicted molar refractivity (Wildman–Crippen MR) is 71.2 cm³/mol. The zero-order valence-electron chi connectivity index (χ0n) is 11.2. The average molecular weight is 236 g/mol. The summed E-state index contributed by atoms with van der Waals surface area (Å²) in [6.45, 7) is 9.40. The van der Waals surface area contributed by atoms with E-state index in [0.717, 1.165) is 31.3 Å². The van der Waals surface area contributed by atoms with E-state index in [-0.39, 0.29) is 0 Å². The molecule has 4 nitrogen and oxygen atoms in total. The molecule has 4 heteroatoms. The summed E-state index contributed by atoms with van der Waals surface area (Å²) >= 11 is 0. The highest BCUT2D eigenvalue weighted by Crippen LogP contribution is 2.25. The van der Waals surface area contributed by atoms with Crippen molar-refractivity contribution in [3.63, 3.8) is 0 Å². The Hall–Kier alpha value is -1.03. The van der Waals surface area contributed by atoms with Crippen LogP contribution in [-0.2, 0) is 6.54 Å². The molecule has 1 aromatic rings. The van der Waals surface area contributed by atoms with Gasteiger partial charge in [-0.2, -0.15) is 0 Å². The Kier molecular flexibility index (Phi) is 3.72. The maximum atomic E-state index is 5.84. The van der Waals surface area contributed by atoms with E-state index in [4.69, 9.17) is 5.73 Å². The summed E-state index contributed by atoms with van der Waals surface area (Å²) in [6.07, 6.45) is 4.58. The summed E-state index contributed by atoms with van der Waals surface area (Å²) in [7, 11) is 0. The van der Waals surface area contributed by atoms with Gasteiger partial charge in [-0.05, 0) is 25.7 Å². The minimum atomic E-state index is 0.475. The van der Waals surface area contributed by atoms with Gasteiger partial charge in [-0.25, -0.2) is 4.98 Å². The van der Waals surface area contributed by atoms with Crippen molar-refractivity contribution >= 4 is 5.95 Å². The standard InChI is InChI=1S/C13H24N4/c1-10(2)8-16-9-11(3)15-13(16)17-6-4-5-12(17)7-14/h9-10,12H,4-8,14H2,1-3H3. The molecule has 0 spiro atoms. The van der Waals surface area contributed by atoms with Crippen LogP contribution in [0.2, 0.25) is 0 Å². The molecule has 2 N–H and O–H groups in total. The zero-order chi connectivity index (χ0) is 12.4. The monoisotopic (exact) mass is 236 g/mol. The summed E-state index contributed by atoms with van der Waals surface area (Å²) in [6, 6.07) is 0.475. The molecule has 96 valence electrons. The van der Waals surface area contributed by atoms with E-state index in [0.29, 0.717) is 12.0 Å². The Balaban J connectivity index is 2.24. The van der Waals surface area contributed by atoms with E-state index >= 15 is 0 Å². The van der Waals surface area contributed by atoms with E-state index in [2.05, 4.69) is 41.4 Å². The molecule has 17 heavy (non-hydrogen) atoms. The Bertz CT molecular complexity index is 369. The smallest absolute Gasteiger partial charge is 0.206 e. The molecule has 0 amide bonds. The molecule has 2 heterocycles. The number of hydrogen-bond acceptors (Lipinski definition) is 3. The quantitative estimate of drug-likeness (QED) is 0.866. The fraction of sp³-hybridized carbons (Fsp3) is 0.769. The van der Waals surface area contributed by atoms with Gasteiger partial charge in [-0.1, -0.05) is 13.8 Å². The molecule has 0 saturated carbocycles. The van der Waals surface area contributed by atoms with Crippen molar-refractivity contribution in [2.24, 2.45) is 11.7 Å². The molecule has 0 aromatic carbocycles. The number of nitrogens with zero attached hydrogens (tertiary/aromatic N) is 3. The van der Waals surface area contributed by atoms with Crippen LogP contribution >= 0.6 is 0 Å². The average Bonchev–Trinajstić information content (AvgIpc) is 2.83. The maximum Gasteiger partial charge on any atom is 0.206 e. The molecule has 0 radical (unpaired) electrons. The largest absolute Gasteiger partial charge is 0.338 e. The summed E-state index contributed by atoms with van der Waals surface area (Å²) in [5.74, 6) is 1.76. The Labute approximate surface area is 104 Å². The van der Waals surface area contributed by atoms with Gasteiger partial charge in [0.1, 0.15) is 0 Å². The third-order valence-corrected chi connectivity index (χ3v) is 3.34.